The van der Waals surface area contributed by atoms with Gasteiger partial charge >= 0.3 is 6.03 Å². The molecule has 148 valence electrons. The number of nitrogens with one attached hydrogen (secondary N) is 1. The highest BCUT2D eigenvalue weighted by molar-refractivity contribution is 6.30. The average Bonchev–Trinajstić information content (AvgIpc) is 3.16. The number of oxazole rings is 1. The summed E-state index contributed by atoms with van der Waals surface area (Å²) in [6.07, 6.45) is 0. The second kappa shape index (κ2) is 7.00. The van der Waals surface area contributed by atoms with Crippen molar-refractivity contribution in [1.29, 1.82) is 0 Å². The van der Waals surface area contributed by atoms with Gasteiger partial charge < -0.3 is 9.73 Å². The molecule has 29 heavy (non-hydrogen) atoms. The number of hydrogen-bond donors (Lipinski definition) is 1. The van der Waals surface area contributed by atoms with E-state index in [0.29, 0.717) is 22.0 Å². The van der Waals surface area contributed by atoms with Gasteiger partial charge in [0.2, 0.25) is 5.89 Å². The number of halogens is 2. The van der Waals surface area contributed by atoms with Crippen LogP contribution >= 0.6 is 11.6 Å². The first kappa shape index (κ1) is 19.1. The number of aromatic nitrogens is 1. The highest BCUT2D eigenvalue weighted by Crippen LogP contribution is 2.31. The minimum Gasteiger partial charge on any atom is -0.438 e. The van der Waals surface area contributed by atoms with E-state index in [1.807, 2.05) is 0 Å². The van der Waals surface area contributed by atoms with E-state index in [-0.39, 0.29) is 12.4 Å². The van der Waals surface area contributed by atoms with Crippen molar-refractivity contribution in [2.24, 2.45) is 0 Å². The van der Waals surface area contributed by atoms with E-state index in [4.69, 9.17) is 16.0 Å². The fourth-order valence-electron chi connectivity index (χ4n) is 3.34. The number of aryl methyl sites for hydroxylation is 1. The summed E-state index contributed by atoms with van der Waals surface area (Å²) in [5, 5.41) is 3.28. The summed E-state index contributed by atoms with van der Waals surface area (Å²) >= 11 is 5.92. The van der Waals surface area contributed by atoms with Gasteiger partial charge in [0.05, 0.1) is 5.69 Å². The molecule has 2 aromatic carbocycles. The maximum Gasteiger partial charge on any atom is 0.325 e. The Morgan fingerprint density at radius 1 is 1.14 bits per heavy atom. The summed E-state index contributed by atoms with van der Waals surface area (Å²) in [7, 11) is 0. The fraction of sp³-hybridized carbons (Fsp3) is 0.190. The van der Waals surface area contributed by atoms with Crippen LogP contribution in [0, 0.1) is 12.7 Å². The molecule has 4 rings (SSSR count). The van der Waals surface area contributed by atoms with Crippen LogP contribution in [0.3, 0.4) is 0 Å². The zero-order valence-electron chi connectivity index (χ0n) is 15.7. The third-order valence-electron chi connectivity index (χ3n) is 4.94. The quantitative estimate of drug-likeness (QED) is 0.643. The van der Waals surface area contributed by atoms with E-state index in [1.54, 1.807) is 38.1 Å². The van der Waals surface area contributed by atoms with Crippen molar-refractivity contribution in [2.75, 3.05) is 0 Å². The van der Waals surface area contributed by atoms with Gasteiger partial charge in [0.15, 0.2) is 5.76 Å². The summed E-state index contributed by atoms with van der Waals surface area (Å²) in [4.78, 5) is 30.9. The van der Waals surface area contributed by atoms with Crippen molar-refractivity contribution in [3.8, 4) is 11.3 Å². The van der Waals surface area contributed by atoms with Gasteiger partial charge in [-0.25, -0.2) is 14.2 Å². The van der Waals surface area contributed by atoms with Gasteiger partial charge in [-0.1, -0.05) is 23.7 Å². The van der Waals surface area contributed by atoms with Crippen LogP contribution in [0.4, 0.5) is 9.18 Å². The molecule has 2 heterocycles. The number of imide groups is 1. The maximum absolute atomic E-state index is 13.2. The van der Waals surface area contributed by atoms with Crippen molar-refractivity contribution in [3.05, 3.63) is 76.5 Å². The summed E-state index contributed by atoms with van der Waals surface area (Å²) in [5.74, 6) is -0.0988. The Hall–Kier alpha value is -3.19. The predicted molar refractivity (Wildman–Crippen MR) is 105 cm³/mol. The number of rotatable bonds is 4. The molecular formula is C21H17ClFN3O3. The van der Waals surface area contributed by atoms with Crippen LogP contribution in [0.5, 0.6) is 0 Å². The smallest absolute Gasteiger partial charge is 0.325 e. The molecule has 3 aromatic rings. The van der Waals surface area contributed by atoms with Gasteiger partial charge in [-0.3, -0.25) is 9.69 Å². The molecule has 1 aliphatic heterocycles. The van der Waals surface area contributed by atoms with Gasteiger partial charge in [0, 0.05) is 10.6 Å². The van der Waals surface area contributed by atoms with E-state index < -0.39 is 23.3 Å². The van der Waals surface area contributed by atoms with E-state index in [9.17, 15) is 14.0 Å². The largest absolute Gasteiger partial charge is 0.438 e. The summed E-state index contributed by atoms with van der Waals surface area (Å²) < 4.78 is 19.0. The zero-order valence-corrected chi connectivity index (χ0v) is 16.5. The van der Waals surface area contributed by atoms with Gasteiger partial charge in [-0.2, -0.15) is 0 Å². The van der Waals surface area contributed by atoms with Crippen LogP contribution in [-0.2, 0) is 16.9 Å². The van der Waals surface area contributed by atoms with Crippen LogP contribution in [0.25, 0.3) is 11.3 Å². The molecule has 1 atom stereocenters. The van der Waals surface area contributed by atoms with Gasteiger partial charge in [0.25, 0.3) is 5.91 Å². The molecule has 1 unspecified atom stereocenters. The van der Waals surface area contributed by atoms with Gasteiger partial charge in [-0.05, 0) is 55.8 Å². The first-order valence-corrected chi connectivity index (χ1v) is 9.28. The molecule has 1 aromatic heterocycles. The van der Waals surface area contributed by atoms with Gasteiger partial charge in [-0.15, -0.1) is 0 Å². The minimum absolute atomic E-state index is 0.115. The summed E-state index contributed by atoms with van der Waals surface area (Å²) in [6, 6.07) is 12.0. The van der Waals surface area contributed by atoms with Crippen molar-refractivity contribution < 1.29 is 18.4 Å². The lowest BCUT2D eigenvalue weighted by Crippen LogP contribution is -2.40. The molecular weight excluding hydrogens is 397 g/mol. The number of benzene rings is 2. The Balaban J connectivity index is 1.59. The number of carbonyl (C=O) groups is 2. The second-order valence-electron chi connectivity index (χ2n) is 6.98. The lowest BCUT2D eigenvalue weighted by molar-refractivity contribution is -0.131. The third kappa shape index (κ3) is 3.38. The Morgan fingerprint density at radius 3 is 2.45 bits per heavy atom. The summed E-state index contributed by atoms with van der Waals surface area (Å²) in [5.41, 5.74) is 0.630. The fourth-order valence-corrected chi connectivity index (χ4v) is 3.47. The van der Waals surface area contributed by atoms with Crippen molar-refractivity contribution in [1.82, 2.24) is 15.2 Å². The van der Waals surface area contributed by atoms with E-state index in [0.717, 1.165) is 10.5 Å². The Kier molecular flexibility index (Phi) is 4.62. The molecule has 0 radical (unpaired) electrons. The minimum atomic E-state index is -1.29. The number of nitrogens with zero attached hydrogens (tertiary/aromatic N) is 2. The lowest BCUT2D eigenvalue weighted by atomic mass is 9.92. The summed E-state index contributed by atoms with van der Waals surface area (Å²) in [6.45, 7) is 3.25. The average molecular weight is 414 g/mol. The maximum atomic E-state index is 13.2. The molecule has 1 N–H and O–H groups in total. The van der Waals surface area contributed by atoms with E-state index in [1.165, 1.54) is 24.3 Å². The number of hydrogen-bond acceptors (Lipinski definition) is 4. The van der Waals surface area contributed by atoms with Crippen molar-refractivity contribution in [2.45, 2.75) is 25.9 Å². The molecule has 3 amide bonds. The highest BCUT2D eigenvalue weighted by atomic mass is 35.5. The molecule has 1 saturated heterocycles. The van der Waals surface area contributed by atoms with Crippen LogP contribution in [0.1, 0.15) is 24.1 Å². The SMILES string of the molecule is Cc1nc(CN2C(=O)NC(C)(c3ccc(F)cc3)C2=O)oc1-c1ccc(Cl)cc1. The van der Waals surface area contributed by atoms with Crippen LogP contribution in [0.2, 0.25) is 5.02 Å². The third-order valence-corrected chi connectivity index (χ3v) is 5.19. The highest BCUT2D eigenvalue weighted by Gasteiger charge is 2.49. The molecule has 6 nitrogen and oxygen atoms in total. The first-order valence-electron chi connectivity index (χ1n) is 8.90. The normalized spacial score (nSPS) is 19.0. The topological polar surface area (TPSA) is 75.4 Å². The lowest BCUT2D eigenvalue weighted by Gasteiger charge is -2.21. The molecule has 0 bridgehead atoms. The second-order valence-corrected chi connectivity index (χ2v) is 7.42. The standard InChI is InChI=1S/C21H17ClFN3O3/c1-12-18(13-3-7-15(22)8-4-13)29-17(24-12)11-26-19(27)21(2,25-20(26)28)14-5-9-16(23)10-6-14/h3-10H,11H2,1-2H3,(H,25,28). The number of urea groups is 1. The Morgan fingerprint density at radius 2 is 1.79 bits per heavy atom. The van der Waals surface area contributed by atoms with Crippen molar-refractivity contribution in [3.63, 3.8) is 0 Å². The van der Waals surface area contributed by atoms with Crippen molar-refractivity contribution >= 4 is 23.5 Å². The molecule has 8 heteroatoms. The molecule has 0 spiro atoms. The Labute approximate surface area is 171 Å². The number of amides is 3. The molecule has 0 saturated carbocycles. The molecule has 1 fully saturated rings. The van der Waals surface area contributed by atoms with Crippen LogP contribution in [0.15, 0.2) is 52.9 Å². The van der Waals surface area contributed by atoms with E-state index >= 15 is 0 Å². The van der Waals surface area contributed by atoms with Crippen LogP contribution < -0.4 is 5.32 Å². The predicted octanol–water partition coefficient (Wildman–Crippen LogP) is 4.41. The monoisotopic (exact) mass is 413 g/mol. The number of carbonyl (C=O) groups excluding carboxylic acids is 2. The van der Waals surface area contributed by atoms with Gasteiger partial charge in [0.1, 0.15) is 17.9 Å². The van der Waals surface area contributed by atoms with E-state index in [2.05, 4.69) is 10.3 Å². The molecule has 1 aliphatic rings. The zero-order chi connectivity index (χ0) is 20.8. The van der Waals surface area contributed by atoms with Crippen LogP contribution in [-0.4, -0.2) is 21.8 Å². The molecule has 0 aliphatic carbocycles. The first-order chi connectivity index (χ1) is 13.8. The Bertz CT molecular complexity index is 1100.